The van der Waals surface area contributed by atoms with Crippen molar-refractivity contribution in [2.75, 3.05) is 12.4 Å². The number of non-ortho nitro benzene ring substituents is 1. The third kappa shape index (κ3) is 3.70. The van der Waals surface area contributed by atoms with Gasteiger partial charge in [0.1, 0.15) is 5.75 Å². The number of thiazole rings is 1. The van der Waals surface area contributed by atoms with E-state index in [0.717, 1.165) is 22.6 Å². The maximum atomic E-state index is 12.2. The van der Waals surface area contributed by atoms with Crippen LogP contribution >= 0.6 is 11.3 Å². The number of nitrogens with one attached hydrogen (secondary N) is 1. The van der Waals surface area contributed by atoms with E-state index in [1.807, 2.05) is 30.5 Å². The smallest absolute Gasteiger partial charge is 0.269 e. The van der Waals surface area contributed by atoms with Crippen molar-refractivity contribution in [3.8, 4) is 17.0 Å². The lowest BCUT2D eigenvalue weighted by molar-refractivity contribution is -0.384. The van der Waals surface area contributed by atoms with Gasteiger partial charge in [0.15, 0.2) is 5.13 Å². The van der Waals surface area contributed by atoms with Gasteiger partial charge in [-0.15, -0.1) is 11.3 Å². The van der Waals surface area contributed by atoms with Gasteiger partial charge in [-0.2, -0.15) is 0 Å². The molecular formula is C18H15N3O4S. The number of carbonyl (C=O) groups is 1. The molecule has 0 aliphatic rings. The van der Waals surface area contributed by atoms with Crippen LogP contribution in [0, 0.1) is 17.0 Å². The number of aryl methyl sites for hydroxylation is 1. The number of nitro benzene ring substituents is 1. The van der Waals surface area contributed by atoms with E-state index in [0.29, 0.717) is 10.7 Å². The molecule has 1 amide bonds. The predicted molar refractivity (Wildman–Crippen MR) is 99.9 cm³/mol. The standard InChI is InChI=1S/C18H15N3O4S/c1-11-9-13(5-8-16(11)25-2)15-10-26-18(19-15)20-17(22)12-3-6-14(7-4-12)21(23)24/h3-10H,1-2H3,(H,19,20,22). The van der Waals surface area contributed by atoms with Crippen LogP contribution in [0.5, 0.6) is 5.75 Å². The second-order valence-corrected chi connectivity index (χ2v) is 6.34. The average Bonchev–Trinajstić information content (AvgIpc) is 3.10. The number of nitrogens with zero attached hydrogens (tertiary/aromatic N) is 2. The maximum Gasteiger partial charge on any atom is 0.269 e. The van der Waals surface area contributed by atoms with Gasteiger partial charge in [-0.05, 0) is 42.8 Å². The highest BCUT2D eigenvalue weighted by atomic mass is 32.1. The minimum atomic E-state index is -0.508. The van der Waals surface area contributed by atoms with Gasteiger partial charge in [0.05, 0.1) is 17.7 Å². The molecule has 1 N–H and O–H groups in total. The first-order valence-electron chi connectivity index (χ1n) is 7.64. The number of aromatic nitrogens is 1. The van der Waals surface area contributed by atoms with Crippen molar-refractivity contribution < 1.29 is 14.5 Å². The van der Waals surface area contributed by atoms with E-state index >= 15 is 0 Å². The van der Waals surface area contributed by atoms with Crippen molar-refractivity contribution in [2.45, 2.75) is 6.92 Å². The van der Waals surface area contributed by atoms with E-state index in [2.05, 4.69) is 10.3 Å². The van der Waals surface area contributed by atoms with E-state index in [9.17, 15) is 14.9 Å². The molecule has 7 nitrogen and oxygen atoms in total. The number of carbonyl (C=O) groups excluding carboxylic acids is 1. The summed E-state index contributed by atoms with van der Waals surface area (Å²) in [6.07, 6.45) is 0. The molecule has 0 unspecified atom stereocenters. The van der Waals surface area contributed by atoms with Crippen LogP contribution in [0.3, 0.4) is 0 Å². The quantitative estimate of drug-likeness (QED) is 0.535. The van der Waals surface area contributed by atoms with Crippen LogP contribution in [0.1, 0.15) is 15.9 Å². The monoisotopic (exact) mass is 369 g/mol. The highest BCUT2D eigenvalue weighted by Gasteiger charge is 2.12. The van der Waals surface area contributed by atoms with E-state index < -0.39 is 4.92 Å². The Kier molecular flexibility index (Phi) is 4.94. The molecule has 2 aromatic carbocycles. The van der Waals surface area contributed by atoms with Crippen molar-refractivity contribution in [2.24, 2.45) is 0 Å². The molecule has 0 radical (unpaired) electrons. The fourth-order valence-electron chi connectivity index (χ4n) is 2.41. The lowest BCUT2D eigenvalue weighted by Gasteiger charge is -2.05. The largest absolute Gasteiger partial charge is 0.496 e. The summed E-state index contributed by atoms with van der Waals surface area (Å²) in [6.45, 7) is 1.95. The molecule has 0 bridgehead atoms. The van der Waals surface area contributed by atoms with E-state index in [-0.39, 0.29) is 11.6 Å². The molecule has 3 rings (SSSR count). The summed E-state index contributed by atoms with van der Waals surface area (Å²) in [7, 11) is 1.62. The molecule has 26 heavy (non-hydrogen) atoms. The zero-order valence-corrected chi connectivity index (χ0v) is 14.9. The van der Waals surface area contributed by atoms with Crippen molar-refractivity contribution in [3.05, 3.63) is 69.1 Å². The first-order valence-corrected chi connectivity index (χ1v) is 8.52. The topological polar surface area (TPSA) is 94.4 Å². The summed E-state index contributed by atoms with van der Waals surface area (Å²) in [6, 6.07) is 11.2. The third-order valence-corrected chi connectivity index (χ3v) is 4.51. The molecule has 0 saturated heterocycles. The molecule has 0 aliphatic heterocycles. The van der Waals surface area contributed by atoms with Crippen molar-refractivity contribution in [3.63, 3.8) is 0 Å². The second-order valence-electron chi connectivity index (χ2n) is 5.48. The molecule has 1 heterocycles. The minimum Gasteiger partial charge on any atom is -0.496 e. The van der Waals surface area contributed by atoms with E-state index in [1.54, 1.807) is 7.11 Å². The molecule has 0 spiro atoms. The molecule has 0 aliphatic carbocycles. The number of anilines is 1. The van der Waals surface area contributed by atoms with Gasteiger partial charge < -0.3 is 4.74 Å². The number of amides is 1. The predicted octanol–water partition coefficient (Wildman–Crippen LogP) is 4.29. The molecule has 0 saturated carbocycles. The Labute approximate surface area is 153 Å². The molecule has 3 aromatic rings. The Morgan fingerprint density at radius 3 is 2.58 bits per heavy atom. The van der Waals surface area contributed by atoms with Crippen molar-refractivity contribution in [1.82, 2.24) is 4.98 Å². The van der Waals surface area contributed by atoms with Gasteiger partial charge in [0.2, 0.25) is 0 Å². The number of hydrogen-bond acceptors (Lipinski definition) is 6. The number of benzene rings is 2. The number of methoxy groups -OCH3 is 1. The summed E-state index contributed by atoms with van der Waals surface area (Å²) in [5.41, 5.74) is 2.94. The van der Waals surface area contributed by atoms with Crippen LogP contribution in [0.2, 0.25) is 0 Å². The fourth-order valence-corrected chi connectivity index (χ4v) is 3.12. The van der Waals surface area contributed by atoms with E-state index in [1.165, 1.54) is 35.6 Å². The Hall–Kier alpha value is -3.26. The van der Waals surface area contributed by atoms with Crippen LogP contribution in [-0.4, -0.2) is 22.9 Å². The first-order chi connectivity index (χ1) is 12.5. The van der Waals surface area contributed by atoms with Gasteiger partial charge >= 0.3 is 0 Å². The fraction of sp³-hybridized carbons (Fsp3) is 0.111. The summed E-state index contributed by atoms with van der Waals surface area (Å²) < 4.78 is 5.25. The Morgan fingerprint density at radius 1 is 1.23 bits per heavy atom. The third-order valence-electron chi connectivity index (χ3n) is 3.76. The van der Waals surface area contributed by atoms with Crippen LogP contribution in [0.4, 0.5) is 10.8 Å². The van der Waals surface area contributed by atoms with Gasteiger partial charge in [-0.25, -0.2) is 4.98 Å². The van der Waals surface area contributed by atoms with Crippen LogP contribution in [0.15, 0.2) is 47.8 Å². The lowest BCUT2D eigenvalue weighted by Crippen LogP contribution is -2.11. The zero-order valence-electron chi connectivity index (χ0n) is 14.1. The Morgan fingerprint density at radius 2 is 1.96 bits per heavy atom. The van der Waals surface area contributed by atoms with Crippen LogP contribution < -0.4 is 10.1 Å². The number of rotatable bonds is 5. The number of ether oxygens (including phenoxy) is 1. The van der Waals surface area contributed by atoms with E-state index in [4.69, 9.17) is 4.74 Å². The summed E-state index contributed by atoms with van der Waals surface area (Å²) >= 11 is 1.31. The molecule has 1 aromatic heterocycles. The lowest BCUT2D eigenvalue weighted by atomic mass is 10.1. The second kappa shape index (κ2) is 7.32. The molecule has 0 atom stereocenters. The summed E-state index contributed by atoms with van der Waals surface area (Å²) in [4.78, 5) is 26.8. The summed E-state index contributed by atoms with van der Waals surface area (Å²) in [5, 5.41) is 15.7. The highest BCUT2D eigenvalue weighted by Crippen LogP contribution is 2.29. The Bertz CT molecular complexity index is 967. The first kappa shape index (κ1) is 17.6. The van der Waals surface area contributed by atoms with Crippen molar-refractivity contribution in [1.29, 1.82) is 0 Å². The average molecular weight is 369 g/mol. The van der Waals surface area contributed by atoms with Gasteiger partial charge in [-0.1, -0.05) is 0 Å². The molecule has 8 heteroatoms. The summed E-state index contributed by atoms with van der Waals surface area (Å²) in [5.74, 6) is 0.433. The van der Waals surface area contributed by atoms with Crippen molar-refractivity contribution >= 4 is 28.1 Å². The van der Waals surface area contributed by atoms with Gasteiger partial charge in [0.25, 0.3) is 11.6 Å². The maximum absolute atomic E-state index is 12.2. The highest BCUT2D eigenvalue weighted by molar-refractivity contribution is 7.14. The van der Waals surface area contributed by atoms with Crippen LogP contribution in [-0.2, 0) is 0 Å². The normalized spacial score (nSPS) is 10.4. The van der Waals surface area contributed by atoms with Gasteiger partial charge in [0, 0.05) is 28.6 Å². The number of hydrogen-bond donors (Lipinski definition) is 1. The Balaban J connectivity index is 1.74. The molecular weight excluding hydrogens is 354 g/mol. The van der Waals surface area contributed by atoms with Gasteiger partial charge in [-0.3, -0.25) is 20.2 Å². The SMILES string of the molecule is COc1ccc(-c2csc(NC(=O)c3ccc([N+](=O)[O-])cc3)n2)cc1C. The zero-order chi connectivity index (χ0) is 18.7. The molecule has 0 fully saturated rings. The minimum absolute atomic E-state index is 0.0621. The number of nitro groups is 1. The molecule has 132 valence electrons. The van der Waals surface area contributed by atoms with Crippen LogP contribution in [0.25, 0.3) is 11.3 Å².